The molecule has 2 aliphatic heterocycles. The first-order valence-corrected chi connectivity index (χ1v) is 11.9. The van der Waals surface area contributed by atoms with Crippen LogP contribution in [0.4, 0.5) is 24.5 Å². The Balaban J connectivity index is 1.50. The van der Waals surface area contributed by atoms with Crippen LogP contribution in [0.15, 0.2) is 36.3 Å². The highest BCUT2D eigenvalue weighted by atomic mass is 19.4. The maximum Gasteiger partial charge on any atom is 0.433 e. The molecule has 10 nitrogen and oxygen atoms in total. The van der Waals surface area contributed by atoms with Crippen LogP contribution in [0, 0.1) is 0 Å². The fourth-order valence-corrected chi connectivity index (χ4v) is 4.19. The van der Waals surface area contributed by atoms with Crippen LogP contribution in [0.3, 0.4) is 0 Å². The number of primary amides is 1. The second-order valence-corrected chi connectivity index (χ2v) is 8.58. The van der Waals surface area contributed by atoms with Crippen molar-refractivity contribution in [3.8, 4) is 0 Å². The predicted molar refractivity (Wildman–Crippen MR) is 130 cm³/mol. The molecule has 1 aromatic carbocycles. The summed E-state index contributed by atoms with van der Waals surface area (Å²) in [6, 6.07) is 5.62. The number of nitrogens with one attached hydrogen (secondary N) is 2. The first-order chi connectivity index (χ1) is 17.7. The molecule has 0 radical (unpaired) electrons. The number of aromatic nitrogens is 2. The average Bonchev–Trinajstić information content (AvgIpc) is 3.29. The topological polar surface area (TPSA) is 126 Å². The number of nitrogens with two attached hydrogens (primary N) is 1. The quantitative estimate of drug-likeness (QED) is 0.454. The number of carbonyl (C=O) groups excluding carboxylic acids is 2. The number of amides is 2. The number of morpholine rings is 1. The summed E-state index contributed by atoms with van der Waals surface area (Å²) in [7, 11) is 0. The van der Waals surface area contributed by atoms with Crippen molar-refractivity contribution in [1.29, 1.82) is 0 Å². The molecule has 4 rings (SSSR count). The Morgan fingerprint density at radius 3 is 2.57 bits per heavy atom. The summed E-state index contributed by atoms with van der Waals surface area (Å²) in [5.74, 6) is -1.61. The molecule has 13 heteroatoms. The third kappa shape index (κ3) is 6.17. The summed E-state index contributed by atoms with van der Waals surface area (Å²) >= 11 is 0. The lowest BCUT2D eigenvalue weighted by Gasteiger charge is -2.28. The fourth-order valence-electron chi connectivity index (χ4n) is 4.19. The van der Waals surface area contributed by atoms with Gasteiger partial charge in [-0.2, -0.15) is 13.2 Å². The smallest absolute Gasteiger partial charge is 0.379 e. The van der Waals surface area contributed by atoms with Crippen molar-refractivity contribution < 1.29 is 27.5 Å². The van der Waals surface area contributed by atoms with Crippen LogP contribution >= 0.6 is 0 Å². The number of hydrogen-bond acceptors (Lipinski definition) is 8. The summed E-state index contributed by atoms with van der Waals surface area (Å²) in [6.07, 6.45) is -2.98. The molecule has 0 aliphatic carbocycles. The molecule has 0 unspecified atom stereocenters. The molecule has 2 aromatic rings. The Labute approximate surface area is 211 Å². The zero-order valence-corrected chi connectivity index (χ0v) is 20.3. The maximum atomic E-state index is 13.2. The number of fused-ring (bicyclic) bond motifs is 1. The zero-order valence-electron chi connectivity index (χ0n) is 20.3. The number of nitrogens with zero attached hydrogens (tertiary/aromatic N) is 4. The first kappa shape index (κ1) is 26.4. The van der Waals surface area contributed by atoms with E-state index in [1.165, 1.54) is 0 Å². The molecule has 1 saturated heterocycles. The van der Waals surface area contributed by atoms with Crippen LogP contribution < -0.4 is 16.4 Å². The molecule has 1 fully saturated rings. The van der Waals surface area contributed by atoms with E-state index in [1.54, 1.807) is 23.1 Å². The standard InChI is InChI=1S/C24H28F3N7O3/c1-2-34(9-3-8-33-10-12-37-13-11-33)23(36)15-4-5-16-17(14-15)31-22(30-16)19(20(28)35)21-29-7-6-18(32-21)24(25,26)27/h4-7,14,30-31H,2-3,8-13H2,1H3,(H2,28,35). The van der Waals surface area contributed by atoms with Crippen molar-refractivity contribution in [2.75, 3.05) is 56.6 Å². The van der Waals surface area contributed by atoms with Gasteiger partial charge in [0.2, 0.25) is 0 Å². The number of benzene rings is 1. The molecular formula is C24H28F3N7O3. The molecule has 3 heterocycles. The number of rotatable bonds is 8. The summed E-state index contributed by atoms with van der Waals surface area (Å²) < 4.78 is 44.7. The number of carbonyl (C=O) groups is 2. The second-order valence-electron chi connectivity index (χ2n) is 8.58. The van der Waals surface area contributed by atoms with Gasteiger partial charge in [0.25, 0.3) is 11.8 Å². The summed E-state index contributed by atoms with van der Waals surface area (Å²) in [5.41, 5.74) is 5.35. The van der Waals surface area contributed by atoms with E-state index in [-0.39, 0.29) is 17.3 Å². The minimum absolute atomic E-state index is 0.0317. The highest BCUT2D eigenvalue weighted by Crippen LogP contribution is 2.35. The van der Waals surface area contributed by atoms with Crippen molar-refractivity contribution in [1.82, 2.24) is 19.8 Å². The molecule has 0 bridgehead atoms. The third-order valence-corrected chi connectivity index (χ3v) is 6.13. The molecule has 2 amide bonds. The van der Waals surface area contributed by atoms with Gasteiger partial charge in [-0.3, -0.25) is 14.5 Å². The Hall–Kier alpha value is -3.71. The molecular weight excluding hydrogens is 491 g/mol. The molecule has 0 atom stereocenters. The van der Waals surface area contributed by atoms with Gasteiger partial charge in [-0.1, -0.05) is 0 Å². The van der Waals surface area contributed by atoms with Crippen molar-refractivity contribution >= 4 is 28.8 Å². The van der Waals surface area contributed by atoms with E-state index in [1.807, 2.05) is 6.92 Å². The van der Waals surface area contributed by atoms with E-state index < -0.39 is 23.6 Å². The van der Waals surface area contributed by atoms with Gasteiger partial charge in [0.05, 0.1) is 24.6 Å². The molecule has 2 aliphatic rings. The van der Waals surface area contributed by atoms with E-state index in [9.17, 15) is 22.8 Å². The third-order valence-electron chi connectivity index (χ3n) is 6.13. The molecule has 1 aromatic heterocycles. The van der Waals surface area contributed by atoms with Gasteiger partial charge < -0.3 is 26.0 Å². The molecule has 0 saturated carbocycles. The summed E-state index contributed by atoms with van der Waals surface area (Å²) in [5, 5.41) is 5.85. The Bertz CT molecular complexity index is 1200. The molecule has 198 valence electrons. The largest absolute Gasteiger partial charge is 0.433 e. The highest BCUT2D eigenvalue weighted by molar-refractivity contribution is 6.20. The summed E-state index contributed by atoms with van der Waals surface area (Å²) in [4.78, 5) is 36.7. The average molecular weight is 520 g/mol. The molecule has 0 spiro atoms. The lowest BCUT2D eigenvalue weighted by atomic mass is 10.1. The van der Waals surface area contributed by atoms with E-state index in [0.717, 1.165) is 45.5 Å². The Morgan fingerprint density at radius 1 is 1.16 bits per heavy atom. The number of alkyl halides is 3. The Kier molecular flexibility index (Phi) is 7.93. The van der Waals surface area contributed by atoms with Crippen LogP contribution in [0.1, 0.15) is 35.2 Å². The normalized spacial score (nSPS) is 17.0. The van der Waals surface area contributed by atoms with Crippen molar-refractivity contribution in [2.45, 2.75) is 19.5 Å². The van der Waals surface area contributed by atoms with Crippen molar-refractivity contribution in [2.24, 2.45) is 5.73 Å². The molecule has 37 heavy (non-hydrogen) atoms. The van der Waals surface area contributed by atoms with Gasteiger partial charge >= 0.3 is 6.18 Å². The number of hydrogen-bond donors (Lipinski definition) is 3. The monoisotopic (exact) mass is 519 g/mol. The lowest BCUT2D eigenvalue weighted by Crippen LogP contribution is -2.39. The zero-order chi connectivity index (χ0) is 26.6. The number of halogens is 3. The maximum absolute atomic E-state index is 13.2. The van der Waals surface area contributed by atoms with Crippen molar-refractivity contribution in [3.63, 3.8) is 0 Å². The van der Waals surface area contributed by atoms with Crippen molar-refractivity contribution in [3.05, 3.63) is 53.4 Å². The summed E-state index contributed by atoms with van der Waals surface area (Å²) in [6.45, 7) is 7.14. The van der Waals surface area contributed by atoms with Crippen LogP contribution in [0.2, 0.25) is 0 Å². The fraction of sp³-hybridized carbons (Fsp3) is 0.417. The van der Waals surface area contributed by atoms with E-state index >= 15 is 0 Å². The van der Waals surface area contributed by atoms with Gasteiger partial charge in [-0.25, -0.2) is 9.97 Å². The van der Waals surface area contributed by atoms with Crippen LogP contribution in [-0.4, -0.2) is 77.5 Å². The van der Waals surface area contributed by atoms with Crippen LogP contribution in [0.25, 0.3) is 5.57 Å². The first-order valence-electron chi connectivity index (χ1n) is 11.9. The van der Waals surface area contributed by atoms with Crippen LogP contribution in [-0.2, 0) is 15.7 Å². The molecule has 4 N–H and O–H groups in total. The van der Waals surface area contributed by atoms with E-state index in [0.29, 0.717) is 36.1 Å². The number of anilines is 2. The Morgan fingerprint density at radius 2 is 1.89 bits per heavy atom. The number of ether oxygens (including phenoxy) is 1. The minimum atomic E-state index is -4.72. The van der Waals surface area contributed by atoms with Gasteiger partial charge in [-0.15, -0.1) is 0 Å². The predicted octanol–water partition coefficient (Wildman–Crippen LogP) is 2.37. The van der Waals surface area contributed by atoms with Crippen LogP contribution in [0.5, 0.6) is 0 Å². The van der Waals surface area contributed by atoms with E-state index in [2.05, 4.69) is 25.5 Å². The minimum Gasteiger partial charge on any atom is -0.379 e. The van der Waals surface area contributed by atoms with Gasteiger partial charge in [0.1, 0.15) is 17.1 Å². The highest BCUT2D eigenvalue weighted by Gasteiger charge is 2.34. The van der Waals surface area contributed by atoms with Gasteiger partial charge in [0.15, 0.2) is 5.82 Å². The second kappa shape index (κ2) is 11.1. The van der Waals surface area contributed by atoms with Gasteiger partial charge in [0, 0.05) is 44.5 Å². The van der Waals surface area contributed by atoms with E-state index in [4.69, 9.17) is 10.5 Å². The lowest BCUT2D eigenvalue weighted by molar-refractivity contribution is -0.141. The van der Waals surface area contributed by atoms with Gasteiger partial charge in [-0.05, 0) is 37.6 Å². The SMILES string of the molecule is CCN(CCCN1CCOCC1)C(=O)c1ccc2c(c1)NC(=C(C(N)=O)c1nccc(C(F)(F)F)n1)N2.